The van der Waals surface area contributed by atoms with Gasteiger partial charge in [-0.2, -0.15) is 4.98 Å². The molecular weight excluding hydrogens is 326 g/mol. The lowest BCUT2D eigenvalue weighted by atomic mass is 10.1. The molecule has 24 heavy (non-hydrogen) atoms. The van der Waals surface area contributed by atoms with Crippen molar-refractivity contribution in [1.29, 1.82) is 0 Å². The number of benzene rings is 2. The lowest BCUT2D eigenvalue weighted by Crippen LogP contribution is -2.38. The van der Waals surface area contributed by atoms with Gasteiger partial charge in [-0.1, -0.05) is 59.2 Å². The van der Waals surface area contributed by atoms with Crippen LogP contribution in [0.4, 0.5) is 6.01 Å². The highest BCUT2D eigenvalue weighted by Crippen LogP contribution is 2.27. The van der Waals surface area contributed by atoms with E-state index in [-0.39, 0.29) is 6.10 Å². The first-order valence-corrected chi connectivity index (χ1v) is 8.18. The van der Waals surface area contributed by atoms with Crippen molar-refractivity contribution in [2.24, 2.45) is 0 Å². The molecule has 0 aliphatic carbocycles. The van der Waals surface area contributed by atoms with Gasteiger partial charge in [0.15, 0.2) is 0 Å². The van der Waals surface area contributed by atoms with Crippen molar-refractivity contribution >= 4 is 17.6 Å². The van der Waals surface area contributed by atoms with E-state index in [0.717, 1.165) is 22.7 Å². The predicted molar refractivity (Wildman–Crippen MR) is 92.1 cm³/mol. The van der Waals surface area contributed by atoms with Gasteiger partial charge in [-0.05, 0) is 17.7 Å². The van der Waals surface area contributed by atoms with Crippen molar-refractivity contribution in [2.75, 3.05) is 24.6 Å². The monoisotopic (exact) mass is 341 g/mol. The molecule has 0 saturated carbocycles. The Morgan fingerprint density at radius 2 is 1.83 bits per heavy atom. The summed E-state index contributed by atoms with van der Waals surface area (Å²) < 4.78 is 11.3. The summed E-state index contributed by atoms with van der Waals surface area (Å²) in [4.78, 5) is 6.58. The van der Waals surface area contributed by atoms with Crippen molar-refractivity contribution in [3.8, 4) is 11.4 Å². The zero-order chi connectivity index (χ0) is 16.4. The van der Waals surface area contributed by atoms with E-state index < -0.39 is 0 Å². The summed E-state index contributed by atoms with van der Waals surface area (Å²) in [6, 6.07) is 18.0. The second-order valence-corrected chi connectivity index (χ2v) is 6.06. The first-order valence-electron chi connectivity index (χ1n) is 7.81. The third kappa shape index (κ3) is 3.13. The van der Waals surface area contributed by atoms with Gasteiger partial charge in [-0.25, -0.2) is 0 Å². The molecule has 1 aromatic heterocycles. The highest BCUT2D eigenvalue weighted by atomic mass is 35.5. The van der Waals surface area contributed by atoms with Crippen molar-refractivity contribution in [2.45, 2.75) is 6.10 Å². The Bertz CT molecular complexity index is 805. The van der Waals surface area contributed by atoms with E-state index >= 15 is 0 Å². The van der Waals surface area contributed by atoms with E-state index in [0.29, 0.717) is 25.0 Å². The summed E-state index contributed by atoms with van der Waals surface area (Å²) in [7, 11) is 0. The van der Waals surface area contributed by atoms with Crippen LogP contribution >= 0.6 is 11.6 Å². The van der Waals surface area contributed by atoms with E-state index in [1.165, 1.54) is 0 Å². The first-order chi connectivity index (χ1) is 11.8. The quantitative estimate of drug-likeness (QED) is 0.721. The summed E-state index contributed by atoms with van der Waals surface area (Å²) in [6.07, 6.45) is -0.0388. The summed E-state index contributed by atoms with van der Waals surface area (Å²) in [6.45, 7) is 1.99. The molecule has 1 saturated heterocycles. The zero-order valence-electron chi connectivity index (χ0n) is 12.9. The first kappa shape index (κ1) is 15.2. The molecule has 0 bridgehead atoms. The lowest BCUT2D eigenvalue weighted by Gasteiger charge is -2.31. The third-order valence-electron chi connectivity index (χ3n) is 4.03. The van der Waals surface area contributed by atoms with Crippen molar-refractivity contribution in [3.05, 3.63) is 65.2 Å². The molecular formula is C18H16ClN3O2. The van der Waals surface area contributed by atoms with Gasteiger partial charge in [0.05, 0.1) is 13.2 Å². The molecule has 2 heterocycles. The van der Waals surface area contributed by atoms with Crippen LogP contribution in [-0.4, -0.2) is 29.8 Å². The predicted octanol–water partition coefficient (Wildman–Crippen LogP) is 3.97. The summed E-state index contributed by atoms with van der Waals surface area (Å²) in [5.41, 5.74) is 2.03. The van der Waals surface area contributed by atoms with Crippen LogP contribution in [0.5, 0.6) is 0 Å². The summed E-state index contributed by atoms with van der Waals surface area (Å²) in [5.74, 6) is 0.597. The summed E-state index contributed by atoms with van der Waals surface area (Å²) in [5, 5.41) is 4.80. The van der Waals surface area contributed by atoms with E-state index in [9.17, 15) is 0 Å². The number of aromatic nitrogens is 2. The van der Waals surface area contributed by atoms with Crippen molar-refractivity contribution in [1.82, 2.24) is 10.1 Å². The molecule has 0 unspecified atom stereocenters. The van der Waals surface area contributed by atoms with Gasteiger partial charge in [0.1, 0.15) is 6.10 Å². The number of hydrogen-bond acceptors (Lipinski definition) is 5. The van der Waals surface area contributed by atoms with Crippen LogP contribution in [-0.2, 0) is 4.74 Å². The average molecular weight is 342 g/mol. The van der Waals surface area contributed by atoms with E-state index in [4.69, 9.17) is 20.9 Å². The number of rotatable bonds is 3. The minimum absolute atomic E-state index is 0.0388. The van der Waals surface area contributed by atoms with Gasteiger partial charge in [0, 0.05) is 17.1 Å². The van der Waals surface area contributed by atoms with Gasteiger partial charge >= 0.3 is 6.01 Å². The van der Waals surface area contributed by atoms with Crippen LogP contribution in [0.3, 0.4) is 0 Å². The van der Waals surface area contributed by atoms with E-state index in [2.05, 4.69) is 15.0 Å². The van der Waals surface area contributed by atoms with Gasteiger partial charge in [0.25, 0.3) is 0 Å². The van der Waals surface area contributed by atoms with Crippen LogP contribution in [0.2, 0.25) is 5.02 Å². The molecule has 0 N–H and O–H groups in total. The topological polar surface area (TPSA) is 51.4 Å². The number of ether oxygens (including phenoxy) is 1. The SMILES string of the molecule is Clc1ccc([C@H]2CN(c3nc(-c4ccccc4)no3)CCO2)cc1. The zero-order valence-corrected chi connectivity index (χ0v) is 13.7. The Balaban J connectivity index is 1.52. The molecule has 0 spiro atoms. The molecule has 5 nitrogen and oxygen atoms in total. The van der Waals surface area contributed by atoms with E-state index in [1.807, 2.05) is 54.6 Å². The van der Waals surface area contributed by atoms with Crippen molar-refractivity contribution < 1.29 is 9.26 Å². The Morgan fingerprint density at radius 3 is 2.62 bits per heavy atom. The molecule has 1 atom stereocenters. The Kier molecular flexibility index (Phi) is 4.19. The molecule has 0 radical (unpaired) electrons. The fourth-order valence-corrected chi connectivity index (χ4v) is 2.88. The smallest absolute Gasteiger partial charge is 0.324 e. The molecule has 1 fully saturated rings. The third-order valence-corrected chi connectivity index (χ3v) is 4.28. The van der Waals surface area contributed by atoms with E-state index in [1.54, 1.807) is 0 Å². The second kappa shape index (κ2) is 6.63. The van der Waals surface area contributed by atoms with Crippen LogP contribution in [0.25, 0.3) is 11.4 Å². The number of hydrogen-bond donors (Lipinski definition) is 0. The van der Waals surface area contributed by atoms with Gasteiger partial charge in [-0.3, -0.25) is 0 Å². The number of nitrogens with zero attached hydrogens (tertiary/aromatic N) is 3. The van der Waals surface area contributed by atoms with Crippen LogP contribution in [0.1, 0.15) is 11.7 Å². The second-order valence-electron chi connectivity index (χ2n) is 5.62. The molecule has 2 aromatic carbocycles. The van der Waals surface area contributed by atoms with Crippen LogP contribution in [0.15, 0.2) is 59.1 Å². The lowest BCUT2D eigenvalue weighted by molar-refractivity contribution is 0.0376. The largest absolute Gasteiger partial charge is 0.370 e. The minimum atomic E-state index is -0.0388. The molecule has 122 valence electrons. The molecule has 6 heteroatoms. The van der Waals surface area contributed by atoms with Crippen LogP contribution in [0, 0.1) is 0 Å². The highest BCUT2D eigenvalue weighted by molar-refractivity contribution is 6.30. The van der Waals surface area contributed by atoms with Gasteiger partial charge in [0.2, 0.25) is 5.82 Å². The maximum absolute atomic E-state index is 5.95. The van der Waals surface area contributed by atoms with Gasteiger partial charge in [-0.15, -0.1) is 0 Å². The minimum Gasteiger partial charge on any atom is -0.370 e. The average Bonchev–Trinajstić information content (AvgIpc) is 3.13. The summed E-state index contributed by atoms with van der Waals surface area (Å²) >= 11 is 5.95. The molecule has 1 aliphatic heterocycles. The maximum atomic E-state index is 5.95. The number of halogens is 1. The van der Waals surface area contributed by atoms with Gasteiger partial charge < -0.3 is 14.2 Å². The molecule has 1 aliphatic rings. The molecule has 4 rings (SSSR count). The standard InChI is InChI=1S/C18H16ClN3O2/c19-15-8-6-13(7-9-15)16-12-22(10-11-23-16)18-20-17(21-24-18)14-4-2-1-3-5-14/h1-9,16H,10-12H2/t16-/m1/s1. The molecule has 0 amide bonds. The fourth-order valence-electron chi connectivity index (χ4n) is 2.75. The number of morpholine rings is 1. The molecule has 3 aromatic rings. The number of anilines is 1. The van der Waals surface area contributed by atoms with Crippen LogP contribution < -0.4 is 4.90 Å². The Morgan fingerprint density at radius 1 is 1.04 bits per heavy atom. The fraction of sp³-hybridized carbons (Fsp3) is 0.222. The maximum Gasteiger partial charge on any atom is 0.324 e. The Hall–Kier alpha value is -2.37. The Labute approximate surface area is 144 Å². The highest BCUT2D eigenvalue weighted by Gasteiger charge is 2.25. The van der Waals surface area contributed by atoms with Crippen molar-refractivity contribution in [3.63, 3.8) is 0 Å². The normalized spacial score (nSPS) is 17.9.